The zero-order chi connectivity index (χ0) is 11.6. The van der Waals surface area contributed by atoms with E-state index in [2.05, 4.69) is 6.92 Å². The van der Waals surface area contributed by atoms with Crippen LogP contribution in [0.5, 0.6) is 0 Å². The van der Waals surface area contributed by atoms with E-state index in [1.807, 2.05) is 0 Å². The number of hydrogen-bond donors (Lipinski definition) is 1. The number of rotatable bonds is 10. The van der Waals surface area contributed by atoms with Crippen LogP contribution in [0.15, 0.2) is 0 Å². The minimum absolute atomic E-state index is 0.363. The van der Waals surface area contributed by atoms with E-state index in [9.17, 15) is 8.78 Å². The molecule has 0 radical (unpaired) electrons. The standard InChI is InChI=1S/C11H22F2O2/c1-2-3-4-5-6-7-8-15-10-11(12,13)9-14/h14H,2-10H2,1H3. The first kappa shape index (κ1) is 14.8. The van der Waals surface area contributed by atoms with Crippen molar-refractivity contribution in [2.75, 3.05) is 19.8 Å². The van der Waals surface area contributed by atoms with Gasteiger partial charge in [0.1, 0.15) is 13.2 Å². The highest BCUT2D eigenvalue weighted by Gasteiger charge is 2.27. The van der Waals surface area contributed by atoms with Crippen molar-refractivity contribution in [3.63, 3.8) is 0 Å². The van der Waals surface area contributed by atoms with Crippen LogP contribution in [-0.2, 0) is 4.74 Å². The van der Waals surface area contributed by atoms with Crippen molar-refractivity contribution in [3.8, 4) is 0 Å². The smallest absolute Gasteiger partial charge is 0.293 e. The molecule has 0 rings (SSSR count). The lowest BCUT2D eigenvalue weighted by Crippen LogP contribution is -2.28. The van der Waals surface area contributed by atoms with Crippen LogP contribution < -0.4 is 0 Å². The molecule has 15 heavy (non-hydrogen) atoms. The van der Waals surface area contributed by atoms with Crippen molar-refractivity contribution in [2.24, 2.45) is 0 Å². The molecule has 4 heteroatoms. The number of alkyl halides is 2. The molecule has 0 heterocycles. The maximum Gasteiger partial charge on any atom is 0.293 e. The van der Waals surface area contributed by atoms with Crippen molar-refractivity contribution >= 4 is 0 Å². The molecular formula is C11H22F2O2. The van der Waals surface area contributed by atoms with Crippen LogP contribution in [0, 0.1) is 0 Å². The van der Waals surface area contributed by atoms with Gasteiger partial charge < -0.3 is 9.84 Å². The summed E-state index contributed by atoms with van der Waals surface area (Å²) in [5.41, 5.74) is 0. The van der Waals surface area contributed by atoms with Gasteiger partial charge in [-0.05, 0) is 6.42 Å². The Morgan fingerprint density at radius 3 is 2.27 bits per heavy atom. The van der Waals surface area contributed by atoms with Crippen molar-refractivity contribution in [1.82, 2.24) is 0 Å². The predicted octanol–water partition coefficient (Wildman–Crippen LogP) is 2.99. The number of ether oxygens (including phenoxy) is 1. The molecule has 0 fully saturated rings. The lowest BCUT2D eigenvalue weighted by molar-refractivity contribution is -0.107. The molecule has 0 saturated heterocycles. The number of aliphatic hydroxyl groups excluding tert-OH is 1. The Morgan fingerprint density at radius 1 is 1.07 bits per heavy atom. The van der Waals surface area contributed by atoms with Crippen molar-refractivity contribution in [2.45, 2.75) is 51.4 Å². The minimum atomic E-state index is -3.08. The van der Waals surface area contributed by atoms with Gasteiger partial charge in [0, 0.05) is 6.61 Å². The molecule has 2 nitrogen and oxygen atoms in total. The molecule has 0 unspecified atom stereocenters. The van der Waals surface area contributed by atoms with Crippen LogP contribution in [0.4, 0.5) is 8.78 Å². The lowest BCUT2D eigenvalue weighted by atomic mass is 10.1. The van der Waals surface area contributed by atoms with E-state index in [1.54, 1.807) is 0 Å². The molecule has 1 N–H and O–H groups in total. The summed E-state index contributed by atoms with van der Waals surface area (Å²) in [6.07, 6.45) is 6.66. The van der Waals surface area contributed by atoms with E-state index in [4.69, 9.17) is 9.84 Å². The van der Waals surface area contributed by atoms with E-state index in [1.165, 1.54) is 19.3 Å². The van der Waals surface area contributed by atoms with Gasteiger partial charge in [0.2, 0.25) is 0 Å². The van der Waals surface area contributed by atoms with Crippen molar-refractivity contribution in [1.29, 1.82) is 0 Å². The Labute approximate surface area is 90.6 Å². The van der Waals surface area contributed by atoms with Gasteiger partial charge in [-0.25, -0.2) is 8.78 Å². The van der Waals surface area contributed by atoms with Gasteiger partial charge in [0.05, 0.1) is 0 Å². The molecule has 0 bridgehead atoms. The monoisotopic (exact) mass is 224 g/mol. The largest absolute Gasteiger partial charge is 0.390 e. The molecule has 0 aromatic heterocycles. The summed E-state index contributed by atoms with van der Waals surface area (Å²) >= 11 is 0. The van der Waals surface area contributed by atoms with E-state index >= 15 is 0 Å². The molecule has 0 aliphatic rings. The summed E-state index contributed by atoms with van der Waals surface area (Å²) in [4.78, 5) is 0. The summed E-state index contributed by atoms with van der Waals surface area (Å²) in [5.74, 6) is -3.08. The summed E-state index contributed by atoms with van der Waals surface area (Å²) in [6.45, 7) is 0.712. The summed E-state index contributed by atoms with van der Waals surface area (Å²) in [7, 11) is 0. The molecular weight excluding hydrogens is 202 g/mol. The Hall–Kier alpha value is -0.220. The van der Waals surface area contributed by atoms with E-state index < -0.39 is 19.1 Å². The Bertz CT molecular complexity index is 141. The molecule has 92 valence electrons. The SMILES string of the molecule is CCCCCCCCOCC(F)(F)CO. The van der Waals surface area contributed by atoms with Gasteiger partial charge in [-0.1, -0.05) is 39.0 Å². The number of hydrogen-bond acceptors (Lipinski definition) is 2. The second-order valence-corrected chi connectivity index (χ2v) is 3.83. The fourth-order valence-corrected chi connectivity index (χ4v) is 1.25. The average Bonchev–Trinajstić information content (AvgIpc) is 2.22. The highest BCUT2D eigenvalue weighted by atomic mass is 19.3. The molecule has 0 aromatic carbocycles. The highest BCUT2D eigenvalue weighted by molar-refractivity contribution is 4.61. The van der Waals surface area contributed by atoms with Crippen LogP contribution in [0.25, 0.3) is 0 Å². The first-order valence-corrected chi connectivity index (χ1v) is 5.69. The fourth-order valence-electron chi connectivity index (χ4n) is 1.25. The van der Waals surface area contributed by atoms with Crippen LogP contribution in [0.1, 0.15) is 45.4 Å². The van der Waals surface area contributed by atoms with E-state index in [0.717, 1.165) is 19.3 Å². The number of halogens is 2. The third-order valence-corrected chi connectivity index (χ3v) is 2.19. The van der Waals surface area contributed by atoms with E-state index in [0.29, 0.717) is 6.61 Å². The molecule has 0 aliphatic heterocycles. The quantitative estimate of drug-likeness (QED) is 0.578. The van der Waals surface area contributed by atoms with Crippen LogP contribution >= 0.6 is 0 Å². The Morgan fingerprint density at radius 2 is 1.67 bits per heavy atom. The number of unbranched alkanes of at least 4 members (excludes halogenated alkanes) is 5. The van der Waals surface area contributed by atoms with Gasteiger partial charge >= 0.3 is 0 Å². The zero-order valence-electron chi connectivity index (χ0n) is 9.48. The van der Waals surface area contributed by atoms with Crippen molar-refractivity contribution in [3.05, 3.63) is 0 Å². The number of aliphatic hydroxyl groups is 1. The van der Waals surface area contributed by atoms with E-state index in [-0.39, 0.29) is 0 Å². The first-order chi connectivity index (χ1) is 7.12. The third-order valence-electron chi connectivity index (χ3n) is 2.19. The second kappa shape index (κ2) is 9.04. The van der Waals surface area contributed by atoms with Gasteiger partial charge in [0.25, 0.3) is 5.92 Å². The molecule has 0 aliphatic carbocycles. The fraction of sp³-hybridized carbons (Fsp3) is 1.00. The van der Waals surface area contributed by atoms with Gasteiger partial charge in [-0.15, -0.1) is 0 Å². The molecule has 0 aromatic rings. The van der Waals surface area contributed by atoms with Crippen LogP contribution in [0.3, 0.4) is 0 Å². The molecule has 0 spiro atoms. The van der Waals surface area contributed by atoms with Crippen LogP contribution in [0.2, 0.25) is 0 Å². The second-order valence-electron chi connectivity index (χ2n) is 3.83. The van der Waals surface area contributed by atoms with Gasteiger partial charge in [-0.3, -0.25) is 0 Å². The highest BCUT2D eigenvalue weighted by Crippen LogP contribution is 2.12. The summed E-state index contributed by atoms with van der Waals surface area (Å²) < 4.78 is 29.7. The Balaban J connectivity index is 3.11. The van der Waals surface area contributed by atoms with Gasteiger partial charge in [-0.2, -0.15) is 0 Å². The lowest BCUT2D eigenvalue weighted by Gasteiger charge is -2.12. The summed E-state index contributed by atoms with van der Waals surface area (Å²) in [5, 5.41) is 8.26. The Kier molecular flexibility index (Phi) is 8.91. The first-order valence-electron chi connectivity index (χ1n) is 5.69. The topological polar surface area (TPSA) is 29.5 Å². The average molecular weight is 224 g/mol. The van der Waals surface area contributed by atoms with Crippen molar-refractivity contribution < 1.29 is 18.6 Å². The minimum Gasteiger partial charge on any atom is -0.390 e. The predicted molar refractivity (Wildman–Crippen MR) is 56.2 cm³/mol. The third kappa shape index (κ3) is 10.1. The molecule has 0 saturated carbocycles. The summed E-state index contributed by atoms with van der Waals surface area (Å²) in [6, 6.07) is 0. The molecule has 0 amide bonds. The maximum absolute atomic E-state index is 12.5. The van der Waals surface area contributed by atoms with Crippen LogP contribution in [-0.4, -0.2) is 30.8 Å². The molecule has 0 atom stereocenters. The normalized spacial score (nSPS) is 12.0. The maximum atomic E-state index is 12.5. The zero-order valence-corrected chi connectivity index (χ0v) is 9.48. The van der Waals surface area contributed by atoms with Gasteiger partial charge in [0.15, 0.2) is 0 Å².